The number of carbonyl (C=O) groups excluding carboxylic acids is 1. The van der Waals surface area contributed by atoms with E-state index in [1.165, 1.54) is 23.0 Å². The molecule has 0 radical (unpaired) electrons. The molecule has 1 heterocycles. The number of anilines is 1. The van der Waals surface area contributed by atoms with Crippen LogP contribution in [0.5, 0.6) is 0 Å². The van der Waals surface area contributed by atoms with Crippen LogP contribution in [0.1, 0.15) is 16.1 Å². The van der Waals surface area contributed by atoms with E-state index >= 15 is 0 Å². The van der Waals surface area contributed by atoms with Gasteiger partial charge in [0.2, 0.25) is 0 Å². The van der Waals surface area contributed by atoms with Crippen molar-refractivity contribution in [2.24, 2.45) is 0 Å². The minimum atomic E-state index is -0.687. The van der Waals surface area contributed by atoms with Gasteiger partial charge >= 0.3 is 0 Å². The van der Waals surface area contributed by atoms with Gasteiger partial charge in [0, 0.05) is 0 Å². The second kappa shape index (κ2) is 6.18. The summed E-state index contributed by atoms with van der Waals surface area (Å²) in [5.41, 5.74) is 1.96. The van der Waals surface area contributed by atoms with Gasteiger partial charge in [-0.15, -0.1) is 5.10 Å². The number of hydrogen-bond donors (Lipinski definition) is 1. The number of halogens is 2. The maximum Gasteiger partial charge on any atom is 0.277 e. The molecule has 1 amide bonds. The zero-order valence-electron chi connectivity index (χ0n) is 12.1. The second-order valence-electron chi connectivity index (χ2n) is 4.94. The number of nitrogens with one attached hydrogen (secondary N) is 1. The Kier molecular flexibility index (Phi) is 4.08. The molecule has 3 rings (SSSR count). The molecule has 116 valence electrons. The number of nitrogens with zero attached hydrogens (tertiary/aromatic N) is 3. The van der Waals surface area contributed by atoms with E-state index < -0.39 is 11.7 Å². The fourth-order valence-electron chi connectivity index (χ4n) is 1.98. The highest BCUT2D eigenvalue weighted by Gasteiger charge is 2.15. The number of hydrogen-bond acceptors (Lipinski definition) is 3. The summed E-state index contributed by atoms with van der Waals surface area (Å²) in [6.07, 6.45) is 1.47. The number of amides is 1. The lowest BCUT2D eigenvalue weighted by Crippen LogP contribution is -2.13. The first kappa shape index (κ1) is 15.2. The molecule has 5 nitrogen and oxygen atoms in total. The largest absolute Gasteiger partial charge is 0.318 e. The van der Waals surface area contributed by atoms with E-state index in [9.17, 15) is 9.18 Å². The first-order chi connectivity index (χ1) is 11.0. The quantitative estimate of drug-likeness (QED) is 0.798. The topological polar surface area (TPSA) is 59.8 Å². The molecule has 1 aromatic heterocycles. The molecule has 0 unspecified atom stereocenters. The summed E-state index contributed by atoms with van der Waals surface area (Å²) in [4.78, 5) is 12.1. The van der Waals surface area contributed by atoms with Crippen LogP contribution in [-0.2, 0) is 0 Å². The summed E-state index contributed by atoms with van der Waals surface area (Å²) in [6.45, 7) is 1.98. The molecule has 2 aromatic carbocycles. The van der Waals surface area contributed by atoms with Crippen LogP contribution in [0.2, 0.25) is 5.02 Å². The van der Waals surface area contributed by atoms with Gasteiger partial charge in [-0.2, -0.15) is 0 Å². The Balaban J connectivity index is 1.81. The summed E-state index contributed by atoms with van der Waals surface area (Å²) >= 11 is 5.68. The van der Waals surface area contributed by atoms with Gasteiger partial charge in [0.05, 0.1) is 22.6 Å². The second-order valence-corrected chi connectivity index (χ2v) is 5.35. The Morgan fingerprint density at radius 2 is 1.96 bits per heavy atom. The van der Waals surface area contributed by atoms with Gasteiger partial charge in [0.25, 0.3) is 5.91 Å². The van der Waals surface area contributed by atoms with Crippen molar-refractivity contribution in [1.82, 2.24) is 15.0 Å². The Bertz CT molecular complexity index is 861. The van der Waals surface area contributed by atoms with Crippen molar-refractivity contribution in [3.05, 3.63) is 70.8 Å². The van der Waals surface area contributed by atoms with Gasteiger partial charge in [0.15, 0.2) is 11.5 Å². The van der Waals surface area contributed by atoms with Crippen LogP contribution >= 0.6 is 11.6 Å². The first-order valence-corrected chi connectivity index (χ1v) is 7.17. The molecule has 0 saturated carbocycles. The van der Waals surface area contributed by atoms with Gasteiger partial charge in [0.1, 0.15) is 0 Å². The summed E-state index contributed by atoms with van der Waals surface area (Å²) in [6, 6.07) is 12.0. The average molecular weight is 331 g/mol. The van der Waals surface area contributed by atoms with Crippen molar-refractivity contribution in [3.8, 4) is 5.69 Å². The lowest BCUT2D eigenvalue weighted by molar-refractivity contribution is 0.102. The van der Waals surface area contributed by atoms with Crippen LogP contribution in [0.3, 0.4) is 0 Å². The third-order valence-electron chi connectivity index (χ3n) is 3.22. The molecule has 0 aliphatic carbocycles. The fourth-order valence-corrected chi connectivity index (χ4v) is 2.15. The number of aryl methyl sites for hydroxylation is 1. The van der Waals surface area contributed by atoms with Crippen molar-refractivity contribution in [2.45, 2.75) is 6.92 Å². The molecule has 0 saturated heterocycles. The average Bonchev–Trinajstić information content (AvgIpc) is 3.02. The Labute approximate surface area is 136 Å². The standard InChI is InChI=1S/C16H12ClFN4O/c1-10-5-7-11(8-6-10)22-9-14(20-21-22)16(23)19-13-4-2-3-12(17)15(13)18/h2-9H,1H3,(H,19,23). The van der Waals surface area contributed by atoms with Gasteiger partial charge in [-0.25, -0.2) is 9.07 Å². The molecule has 0 aliphatic heterocycles. The van der Waals surface area contributed by atoms with Crippen molar-refractivity contribution >= 4 is 23.2 Å². The monoisotopic (exact) mass is 330 g/mol. The van der Waals surface area contributed by atoms with E-state index in [2.05, 4.69) is 15.6 Å². The van der Waals surface area contributed by atoms with Crippen LogP contribution in [0.15, 0.2) is 48.7 Å². The molecule has 0 atom stereocenters. The maximum atomic E-state index is 13.8. The molecule has 0 aliphatic rings. The molecule has 7 heteroatoms. The van der Waals surface area contributed by atoms with Crippen molar-refractivity contribution in [2.75, 3.05) is 5.32 Å². The smallest absolute Gasteiger partial charge is 0.277 e. The van der Waals surface area contributed by atoms with Crippen molar-refractivity contribution in [1.29, 1.82) is 0 Å². The number of aromatic nitrogens is 3. The molecular weight excluding hydrogens is 319 g/mol. The zero-order chi connectivity index (χ0) is 16.4. The summed E-state index contributed by atoms with van der Waals surface area (Å²) < 4.78 is 15.3. The maximum absolute atomic E-state index is 13.8. The lowest BCUT2D eigenvalue weighted by Gasteiger charge is -2.05. The predicted octanol–water partition coefficient (Wildman–Crippen LogP) is 3.62. The third kappa shape index (κ3) is 3.22. The number of rotatable bonds is 3. The Morgan fingerprint density at radius 1 is 1.22 bits per heavy atom. The molecule has 0 spiro atoms. The van der Waals surface area contributed by atoms with Crippen molar-refractivity contribution in [3.63, 3.8) is 0 Å². The minimum Gasteiger partial charge on any atom is -0.318 e. The summed E-state index contributed by atoms with van der Waals surface area (Å²) in [7, 11) is 0. The summed E-state index contributed by atoms with van der Waals surface area (Å²) in [5, 5.41) is 10.1. The Hall–Kier alpha value is -2.73. The van der Waals surface area contributed by atoms with Crippen LogP contribution in [-0.4, -0.2) is 20.9 Å². The summed E-state index contributed by atoms with van der Waals surface area (Å²) in [5.74, 6) is -1.25. The lowest BCUT2D eigenvalue weighted by atomic mass is 10.2. The van der Waals surface area contributed by atoms with Gasteiger partial charge in [-0.1, -0.05) is 40.6 Å². The van der Waals surface area contributed by atoms with Crippen molar-refractivity contribution < 1.29 is 9.18 Å². The zero-order valence-corrected chi connectivity index (χ0v) is 12.9. The third-order valence-corrected chi connectivity index (χ3v) is 3.52. The van der Waals surface area contributed by atoms with E-state index in [-0.39, 0.29) is 16.4 Å². The van der Waals surface area contributed by atoms with E-state index in [0.29, 0.717) is 0 Å². The normalized spacial score (nSPS) is 10.6. The first-order valence-electron chi connectivity index (χ1n) is 6.79. The van der Waals surface area contributed by atoms with Crippen LogP contribution in [0.4, 0.5) is 10.1 Å². The number of benzene rings is 2. The molecule has 1 N–H and O–H groups in total. The molecule has 23 heavy (non-hydrogen) atoms. The fraction of sp³-hybridized carbons (Fsp3) is 0.0625. The predicted molar refractivity (Wildman–Crippen MR) is 85.5 cm³/mol. The molecule has 0 fully saturated rings. The highest BCUT2D eigenvalue weighted by molar-refractivity contribution is 6.31. The highest BCUT2D eigenvalue weighted by atomic mass is 35.5. The minimum absolute atomic E-state index is 0.00705. The van der Waals surface area contributed by atoms with Gasteiger partial charge in [-0.3, -0.25) is 4.79 Å². The van der Waals surface area contributed by atoms with Gasteiger partial charge < -0.3 is 5.32 Å². The molecule has 3 aromatic rings. The number of carbonyl (C=O) groups is 1. The Morgan fingerprint density at radius 3 is 2.70 bits per heavy atom. The van der Waals surface area contributed by atoms with E-state index in [1.807, 2.05) is 31.2 Å². The SMILES string of the molecule is Cc1ccc(-n2cc(C(=O)Nc3cccc(Cl)c3F)nn2)cc1. The van der Waals surface area contributed by atoms with Gasteiger partial charge in [-0.05, 0) is 31.2 Å². The molecule has 0 bridgehead atoms. The molecular formula is C16H12ClFN4O. The van der Waals surface area contributed by atoms with E-state index in [1.54, 1.807) is 6.07 Å². The van der Waals surface area contributed by atoms with Crippen LogP contribution in [0.25, 0.3) is 5.69 Å². The van der Waals surface area contributed by atoms with E-state index in [0.717, 1.165) is 11.3 Å². The van der Waals surface area contributed by atoms with Crippen LogP contribution in [0, 0.1) is 12.7 Å². The highest BCUT2D eigenvalue weighted by Crippen LogP contribution is 2.22. The van der Waals surface area contributed by atoms with Crippen LogP contribution < -0.4 is 5.32 Å². The van der Waals surface area contributed by atoms with E-state index in [4.69, 9.17) is 11.6 Å².